The first-order chi connectivity index (χ1) is 46.9. The van der Waals surface area contributed by atoms with E-state index in [1.54, 1.807) is 0 Å². The number of hydrogen-bond acceptors (Lipinski definition) is 15. The van der Waals surface area contributed by atoms with Crippen molar-refractivity contribution >= 4 is 39.5 Å². The predicted octanol–water partition coefficient (Wildman–Crippen LogP) is 23.1. The molecule has 0 saturated carbocycles. The molecule has 0 heterocycles. The third-order valence-corrected chi connectivity index (χ3v) is 20.1. The van der Waals surface area contributed by atoms with Gasteiger partial charge in [0.2, 0.25) is 0 Å². The van der Waals surface area contributed by atoms with E-state index in [2.05, 4.69) is 41.5 Å². The molecule has 97 heavy (non-hydrogen) atoms. The molecule has 0 aliphatic carbocycles. The summed E-state index contributed by atoms with van der Waals surface area (Å²) in [5, 5.41) is 10.6. The molecule has 0 aromatic rings. The number of carbonyl (C=O) groups is 4. The van der Waals surface area contributed by atoms with Crippen molar-refractivity contribution in [3.05, 3.63) is 0 Å². The lowest BCUT2D eigenvalue weighted by atomic mass is 10.0. The van der Waals surface area contributed by atoms with Crippen LogP contribution in [0.2, 0.25) is 0 Å². The quantitative estimate of drug-likeness (QED) is 0.0222. The largest absolute Gasteiger partial charge is 0.472 e. The van der Waals surface area contributed by atoms with Gasteiger partial charge < -0.3 is 33.8 Å². The number of ether oxygens (including phenoxy) is 4. The molecule has 17 nitrogen and oxygen atoms in total. The Balaban J connectivity index is 5.27. The molecule has 0 aliphatic rings. The maximum Gasteiger partial charge on any atom is 0.472 e. The van der Waals surface area contributed by atoms with Gasteiger partial charge in [0.15, 0.2) is 12.2 Å². The molecule has 0 radical (unpaired) electrons. The second-order valence-corrected chi connectivity index (χ2v) is 32.0. The number of hydrogen-bond donors (Lipinski definition) is 3. The van der Waals surface area contributed by atoms with Crippen molar-refractivity contribution in [2.24, 2.45) is 11.8 Å². The molecule has 19 heteroatoms. The van der Waals surface area contributed by atoms with E-state index in [0.29, 0.717) is 25.7 Å². The molecule has 0 amide bonds. The normalized spacial score (nSPS) is 14.0. The molecule has 0 saturated heterocycles. The lowest BCUT2D eigenvalue weighted by molar-refractivity contribution is -0.161. The van der Waals surface area contributed by atoms with Crippen molar-refractivity contribution in [2.75, 3.05) is 39.6 Å². The second-order valence-electron chi connectivity index (χ2n) is 29.1. The topological polar surface area (TPSA) is 237 Å². The van der Waals surface area contributed by atoms with Gasteiger partial charge in [-0.1, -0.05) is 356 Å². The fraction of sp³-hybridized carbons (Fsp3) is 0.949. The molecule has 0 rings (SSSR count). The van der Waals surface area contributed by atoms with Gasteiger partial charge in [-0.2, -0.15) is 0 Å². The molecule has 3 N–H and O–H groups in total. The van der Waals surface area contributed by atoms with Gasteiger partial charge in [-0.05, 0) is 37.5 Å². The minimum absolute atomic E-state index is 0.107. The Kier molecular flexibility index (Phi) is 68.4. The van der Waals surface area contributed by atoms with E-state index in [4.69, 9.17) is 37.0 Å². The van der Waals surface area contributed by atoms with Gasteiger partial charge in [-0.25, -0.2) is 9.13 Å². The van der Waals surface area contributed by atoms with E-state index >= 15 is 0 Å². The zero-order valence-electron chi connectivity index (χ0n) is 63.4. The number of aliphatic hydroxyl groups is 1. The first-order valence-corrected chi connectivity index (χ1v) is 43.5. The number of rotatable bonds is 77. The average molecular weight is 1420 g/mol. The van der Waals surface area contributed by atoms with Gasteiger partial charge in [0.25, 0.3) is 0 Å². The SMILES string of the molecule is CCCCCCCCCCCCCCCCC(=O)O[C@H](COC(=O)CCCCCCCCCCCCCCC)COP(=O)(O)OC[C@H](O)COP(=O)(O)OC[C@@H](COC(=O)CCCCCCCCCCCCCC(C)C)OC(=O)CCCCCCCCCCCCCCCC(C)C. The lowest BCUT2D eigenvalue weighted by Crippen LogP contribution is -2.30. The Morgan fingerprint density at radius 2 is 0.474 bits per heavy atom. The second kappa shape index (κ2) is 69.8. The summed E-state index contributed by atoms with van der Waals surface area (Å²) in [5.74, 6) is -0.552. The molecule has 0 fully saturated rings. The maximum absolute atomic E-state index is 13.1. The summed E-state index contributed by atoms with van der Waals surface area (Å²) >= 11 is 0. The van der Waals surface area contributed by atoms with Gasteiger partial charge >= 0.3 is 39.5 Å². The lowest BCUT2D eigenvalue weighted by Gasteiger charge is -2.21. The summed E-state index contributed by atoms with van der Waals surface area (Å²) in [6.07, 6.45) is 58.0. The van der Waals surface area contributed by atoms with Gasteiger partial charge in [0.1, 0.15) is 19.3 Å². The minimum Gasteiger partial charge on any atom is -0.462 e. The molecule has 0 aliphatic heterocycles. The molecule has 2 unspecified atom stereocenters. The summed E-state index contributed by atoms with van der Waals surface area (Å²) in [5.41, 5.74) is 0. The number of phosphoric ester groups is 2. The van der Waals surface area contributed by atoms with Crippen molar-refractivity contribution in [3.8, 4) is 0 Å². The average Bonchev–Trinajstić information content (AvgIpc) is 0.997. The highest BCUT2D eigenvalue weighted by Gasteiger charge is 2.30. The summed E-state index contributed by atoms with van der Waals surface area (Å²) < 4.78 is 68.7. The Morgan fingerprint density at radius 3 is 0.701 bits per heavy atom. The monoisotopic (exact) mass is 1420 g/mol. The minimum atomic E-state index is -4.96. The Hall–Kier alpha value is -1.94. The number of aliphatic hydroxyl groups excluding tert-OH is 1. The molecule has 0 bridgehead atoms. The Labute approximate surface area is 594 Å². The van der Waals surface area contributed by atoms with E-state index in [-0.39, 0.29) is 25.7 Å². The predicted molar refractivity (Wildman–Crippen MR) is 395 cm³/mol. The zero-order chi connectivity index (χ0) is 71.4. The zero-order valence-corrected chi connectivity index (χ0v) is 65.2. The molecule has 0 spiro atoms. The van der Waals surface area contributed by atoms with Crippen LogP contribution in [0.25, 0.3) is 0 Å². The molecule has 5 atom stereocenters. The summed E-state index contributed by atoms with van der Waals surface area (Å²) in [4.78, 5) is 73.0. The van der Waals surface area contributed by atoms with Gasteiger partial charge in [-0.3, -0.25) is 37.3 Å². The number of esters is 4. The highest BCUT2D eigenvalue weighted by Crippen LogP contribution is 2.45. The van der Waals surface area contributed by atoms with Crippen LogP contribution in [-0.2, 0) is 65.4 Å². The number of unbranched alkanes of at least 4 members (excludes halogenated alkanes) is 47. The third kappa shape index (κ3) is 72.2. The van der Waals surface area contributed by atoms with Crippen LogP contribution in [-0.4, -0.2) is 96.7 Å². The first kappa shape index (κ1) is 95.1. The van der Waals surface area contributed by atoms with Crippen LogP contribution in [0.1, 0.15) is 408 Å². The highest BCUT2D eigenvalue weighted by molar-refractivity contribution is 7.47. The summed E-state index contributed by atoms with van der Waals surface area (Å²) in [6, 6.07) is 0. The van der Waals surface area contributed by atoms with E-state index < -0.39 is 97.5 Å². The molecule has 0 aromatic carbocycles. The van der Waals surface area contributed by atoms with Crippen molar-refractivity contribution in [3.63, 3.8) is 0 Å². The first-order valence-electron chi connectivity index (χ1n) is 40.5. The maximum atomic E-state index is 13.1. The van der Waals surface area contributed by atoms with Crippen LogP contribution < -0.4 is 0 Å². The fourth-order valence-corrected chi connectivity index (χ4v) is 13.6. The highest BCUT2D eigenvalue weighted by atomic mass is 31.2. The van der Waals surface area contributed by atoms with E-state index in [9.17, 15) is 43.2 Å². The number of phosphoric acid groups is 2. The molecule has 0 aromatic heterocycles. The molecule has 576 valence electrons. The summed E-state index contributed by atoms with van der Waals surface area (Å²) in [6.45, 7) is 9.64. The fourth-order valence-electron chi connectivity index (χ4n) is 12.0. The van der Waals surface area contributed by atoms with E-state index in [1.165, 1.54) is 225 Å². The van der Waals surface area contributed by atoms with Crippen LogP contribution in [0.5, 0.6) is 0 Å². The van der Waals surface area contributed by atoms with Crippen LogP contribution in [0, 0.1) is 11.8 Å². The molecular formula is C78H152O17P2. The van der Waals surface area contributed by atoms with Crippen molar-refractivity contribution in [1.29, 1.82) is 0 Å². The standard InChI is InChI=1S/C78H152O17P2/c1-7-9-11-13-15-17-19-21-25-31-38-44-50-56-62-77(82)94-73(66-88-75(80)60-54-48-42-36-30-23-20-18-16-14-12-10-8-2)68-92-96(84,85)90-64-72(79)65-91-97(86,87)93-69-74(67-89-76(81)61-55-49-43-37-33-27-29-35-41-47-53-59-71(5)6)95-78(83)63-57-51-45-39-32-26-22-24-28-34-40-46-52-58-70(3)4/h70-74,79H,7-69H2,1-6H3,(H,84,85)(H,86,87)/t72-,73+,74+/m0/s1. The van der Waals surface area contributed by atoms with Crippen molar-refractivity contribution in [2.45, 2.75) is 426 Å². The Bertz CT molecular complexity index is 1870. The van der Waals surface area contributed by atoms with Gasteiger partial charge in [-0.15, -0.1) is 0 Å². The summed E-state index contributed by atoms with van der Waals surface area (Å²) in [7, 11) is -9.92. The van der Waals surface area contributed by atoms with Crippen molar-refractivity contribution in [1.82, 2.24) is 0 Å². The van der Waals surface area contributed by atoms with Crippen LogP contribution in [0.4, 0.5) is 0 Å². The van der Waals surface area contributed by atoms with Crippen LogP contribution in [0.15, 0.2) is 0 Å². The van der Waals surface area contributed by atoms with Gasteiger partial charge in [0.05, 0.1) is 26.4 Å². The Morgan fingerprint density at radius 1 is 0.278 bits per heavy atom. The number of carbonyl (C=O) groups excluding carboxylic acids is 4. The van der Waals surface area contributed by atoms with Crippen LogP contribution in [0.3, 0.4) is 0 Å². The third-order valence-electron chi connectivity index (χ3n) is 18.2. The van der Waals surface area contributed by atoms with Crippen LogP contribution >= 0.6 is 15.6 Å². The molecular weight excluding hydrogens is 1270 g/mol. The van der Waals surface area contributed by atoms with Crippen molar-refractivity contribution < 1.29 is 80.2 Å². The van der Waals surface area contributed by atoms with Gasteiger partial charge in [0, 0.05) is 25.7 Å². The van der Waals surface area contributed by atoms with E-state index in [0.717, 1.165) is 102 Å². The van der Waals surface area contributed by atoms with E-state index in [1.807, 2.05) is 0 Å². The smallest absolute Gasteiger partial charge is 0.462 e.